The van der Waals surface area contributed by atoms with Gasteiger partial charge in [-0.25, -0.2) is 0 Å². The van der Waals surface area contributed by atoms with E-state index in [0.717, 1.165) is 70.2 Å². The van der Waals surface area contributed by atoms with Gasteiger partial charge in [-0.1, -0.05) is 60.5 Å². The van der Waals surface area contributed by atoms with Crippen LogP contribution < -0.4 is 15.0 Å². The van der Waals surface area contributed by atoms with Gasteiger partial charge in [0.05, 0.1) is 6.85 Å². The van der Waals surface area contributed by atoms with Gasteiger partial charge in [0.25, 0.3) is 0 Å². The SMILES string of the molecule is [2H]c1c([2H])c([2H])c(B2N(c3cc(C([2H])([2H])[2H])c(-c4ccccc4)c(Oc4cccc(-n5[c](=[Pt])n(-c6c(-c7ccc(-c8ccccc8)cc7)cccc6-c6ccc(C([2H])([2H])[2H])cc6)c6ccccc65)c4)n3)c3cccc4c5ccccc5n2c34)c([2H])c1[2H]. The Balaban J connectivity index is 0.958. The van der Waals surface area contributed by atoms with E-state index >= 15 is 0 Å². The minimum Gasteiger partial charge on any atom is -0.0637 e. The molecule has 13 aromatic rings. The molecule has 14 rings (SSSR count). The first-order valence-corrected chi connectivity index (χ1v) is 25.9. The van der Waals surface area contributed by atoms with Crippen molar-refractivity contribution in [3.8, 4) is 67.5 Å². The molecule has 76 heavy (non-hydrogen) atoms. The maximum atomic E-state index is 9.39. The zero-order valence-electron chi connectivity index (χ0n) is 51.4. The third-order valence-corrected chi connectivity index (χ3v) is 15.3. The number of ether oxygens (including phenoxy) is 1. The fourth-order valence-electron chi connectivity index (χ4n) is 11.0. The minimum absolute atomic E-state index is 0.0210. The maximum absolute atomic E-state index is 9.39. The van der Waals surface area contributed by atoms with Gasteiger partial charge in [0.15, 0.2) is 0 Å². The Morgan fingerprint density at radius 2 is 1.13 bits per heavy atom. The molecule has 0 atom stereocenters. The summed E-state index contributed by atoms with van der Waals surface area (Å²) in [4.78, 5) is 7.06. The van der Waals surface area contributed by atoms with Crippen LogP contribution in [0.15, 0.2) is 255 Å². The number of aromatic nitrogens is 4. The number of para-hydroxylation sites is 5. The summed E-state index contributed by atoms with van der Waals surface area (Å²) in [6, 6.07) is 69.2. The van der Waals surface area contributed by atoms with Crippen LogP contribution in [0.2, 0.25) is 0 Å². The first-order chi connectivity index (χ1) is 42.0. The molecule has 0 spiro atoms. The molecule has 0 fully saturated rings. The molecule has 364 valence electrons. The first kappa shape index (κ1) is 35.2. The average Bonchev–Trinajstić information content (AvgIpc) is 1.58. The number of fused-ring (bicyclic) bond motifs is 4. The van der Waals surface area contributed by atoms with Crippen molar-refractivity contribution in [3.05, 3.63) is 270 Å². The zero-order chi connectivity index (χ0) is 60.2. The molecule has 1 aliphatic heterocycles. The number of imidazole rings is 1. The second-order valence-corrected chi connectivity index (χ2v) is 19.7. The molecule has 0 unspecified atom stereocenters. The Morgan fingerprint density at radius 1 is 0.526 bits per heavy atom. The molecule has 0 bridgehead atoms. The van der Waals surface area contributed by atoms with E-state index < -0.39 is 50.9 Å². The number of aryl methyl sites for hydroxylation is 2. The molecule has 0 amide bonds. The van der Waals surface area contributed by atoms with Crippen molar-refractivity contribution < 1.29 is 39.2 Å². The van der Waals surface area contributed by atoms with Gasteiger partial charge < -0.3 is 0 Å². The summed E-state index contributed by atoms with van der Waals surface area (Å²) >= 11 is 2.36. The monoisotopic (exact) mass is 1170 g/mol. The van der Waals surface area contributed by atoms with Crippen molar-refractivity contribution in [2.75, 3.05) is 4.81 Å². The molecule has 6 nitrogen and oxygen atoms in total. The fourth-order valence-corrected chi connectivity index (χ4v) is 12.0. The van der Waals surface area contributed by atoms with Gasteiger partial charge in [-0.2, -0.15) is 0 Å². The third kappa shape index (κ3) is 7.61. The van der Waals surface area contributed by atoms with E-state index in [1.165, 1.54) is 6.07 Å². The van der Waals surface area contributed by atoms with E-state index in [9.17, 15) is 6.85 Å². The summed E-state index contributed by atoms with van der Waals surface area (Å²) in [5, 5.41) is 1.74. The normalized spacial score (nSPS) is 14.5. The van der Waals surface area contributed by atoms with Crippen molar-refractivity contribution >= 4 is 56.8 Å². The number of hydrogen-bond acceptors (Lipinski definition) is 3. The van der Waals surface area contributed by atoms with Gasteiger partial charge in [0.1, 0.15) is 0 Å². The Morgan fingerprint density at radius 3 is 1.86 bits per heavy atom. The van der Waals surface area contributed by atoms with Crippen LogP contribution >= 0.6 is 0 Å². The predicted molar refractivity (Wildman–Crippen MR) is 310 cm³/mol. The molecule has 3 aromatic heterocycles. The first-order valence-electron chi connectivity index (χ1n) is 30.3. The predicted octanol–water partition coefficient (Wildman–Crippen LogP) is 16.5. The zero-order valence-corrected chi connectivity index (χ0v) is 42.7. The molecule has 4 heterocycles. The van der Waals surface area contributed by atoms with Crippen LogP contribution in [0.3, 0.4) is 0 Å². The van der Waals surface area contributed by atoms with Crippen LogP contribution in [0.25, 0.3) is 88.7 Å². The summed E-state index contributed by atoms with van der Waals surface area (Å²) in [5.74, 6) is 0.385. The Labute approximate surface area is 468 Å². The van der Waals surface area contributed by atoms with Crippen LogP contribution in [0.5, 0.6) is 11.6 Å². The topological polar surface area (TPSA) is 40.1 Å². The van der Waals surface area contributed by atoms with Gasteiger partial charge >= 0.3 is 380 Å². The van der Waals surface area contributed by atoms with Crippen molar-refractivity contribution in [2.45, 2.75) is 13.7 Å². The molecular formula is C68H48BN5OPt. The van der Waals surface area contributed by atoms with E-state index in [4.69, 9.17) is 17.9 Å². The molecule has 0 saturated carbocycles. The smallest absolute Gasteiger partial charge is 0.0637 e. The molecule has 0 saturated heterocycles. The van der Waals surface area contributed by atoms with Crippen LogP contribution in [-0.2, 0) is 19.4 Å². The van der Waals surface area contributed by atoms with Crippen molar-refractivity contribution in [3.63, 3.8) is 0 Å². The quantitative estimate of drug-likeness (QED) is 0.128. The van der Waals surface area contributed by atoms with Crippen LogP contribution in [0.1, 0.15) is 26.2 Å². The summed E-state index contributed by atoms with van der Waals surface area (Å²) in [6.07, 6.45) is 0. The summed E-state index contributed by atoms with van der Waals surface area (Å²) in [7, 11) is 0. The van der Waals surface area contributed by atoms with Gasteiger partial charge in [0, 0.05) is 16.3 Å². The van der Waals surface area contributed by atoms with Gasteiger partial charge in [-0.3, -0.25) is 0 Å². The molecule has 10 aromatic carbocycles. The minimum atomic E-state index is -2.76. The summed E-state index contributed by atoms with van der Waals surface area (Å²) < 4.78 is 111. The van der Waals surface area contributed by atoms with E-state index in [0.29, 0.717) is 28.2 Å². The molecule has 1 aliphatic rings. The van der Waals surface area contributed by atoms with Crippen LogP contribution in [0.4, 0.5) is 11.5 Å². The van der Waals surface area contributed by atoms with E-state index in [-0.39, 0.29) is 33.9 Å². The second kappa shape index (κ2) is 18.7. The molecule has 0 N–H and O–H groups in total. The Bertz CT molecular complexity index is 4940. The number of benzene rings is 10. The van der Waals surface area contributed by atoms with Crippen LogP contribution in [0, 0.1) is 17.5 Å². The van der Waals surface area contributed by atoms with E-state index in [2.05, 4.69) is 83.1 Å². The van der Waals surface area contributed by atoms with Gasteiger partial charge in [0.2, 0.25) is 0 Å². The Hall–Kier alpha value is -9.03. The molecular weight excluding hydrogens is 1110 g/mol. The summed E-state index contributed by atoms with van der Waals surface area (Å²) in [6.45, 7) is -6.18. The Kier molecular flexibility index (Phi) is 8.68. The van der Waals surface area contributed by atoms with Gasteiger partial charge in [-0.05, 0) is 6.07 Å². The van der Waals surface area contributed by atoms with Crippen molar-refractivity contribution in [2.24, 2.45) is 0 Å². The molecule has 0 aliphatic carbocycles. The summed E-state index contributed by atoms with van der Waals surface area (Å²) in [5.41, 5.74) is 12.0. The van der Waals surface area contributed by atoms with E-state index in [1.54, 1.807) is 35.1 Å². The van der Waals surface area contributed by atoms with Gasteiger partial charge in [-0.15, -0.1) is 0 Å². The third-order valence-electron chi connectivity index (χ3n) is 14.3. The van der Waals surface area contributed by atoms with Crippen molar-refractivity contribution in [1.82, 2.24) is 18.6 Å². The average molecular weight is 1170 g/mol. The number of hydrogen-bond donors (Lipinski definition) is 0. The number of pyridine rings is 1. The van der Waals surface area contributed by atoms with Crippen molar-refractivity contribution in [1.29, 1.82) is 0 Å². The number of anilines is 2. The second-order valence-electron chi connectivity index (χ2n) is 18.6. The fraction of sp³-hybridized carbons (Fsp3) is 0.0294. The van der Waals surface area contributed by atoms with E-state index in [1.807, 2.05) is 138 Å². The molecule has 8 heteroatoms. The molecule has 0 radical (unpaired) electrons. The standard InChI is InChI=1S/C68H48BN5O.Pt/c1-46-35-37-50(38-36-46)56-28-17-29-57(51-41-39-49(40-42-51)48-19-6-3-7-20-48)66(56)72-45-71(61-32-14-15-33-62(61)72)54-25-16-26-55(44-54)75-68-65(52-21-8-4-9-22-52)47(2)43-64(70-68)73-63-34-18-30-59-58-27-12-13-31-60(58)74(67(59)63)69(73)53-23-10-5-11-24-53;/h3-44H,1-2H3;/i1D3,2D3,5D,10D,11D,23D,24D;. The van der Waals surface area contributed by atoms with Crippen LogP contribution in [-0.4, -0.2) is 25.6 Å². The number of nitrogens with zero attached hydrogens (tertiary/aromatic N) is 5. The number of rotatable bonds is 10.